The molecule has 1 N–H and O–H groups in total. The van der Waals surface area contributed by atoms with Gasteiger partial charge in [0.25, 0.3) is 0 Å². The lowest BCUT2D eigenvalue weighted by Crippen LogP contribution is -2.41. The quantitative estimate of drug-likeness (QED) is 0.400. The van der Waals surface area contributed by atoms with Gasteiger partial charge in [-0.1, -0.05) is 18.2 Å². The number of para-hydroxylation sites is 1. The van der Waals surface area contributed by atoms with E-state index in [9.17, 15) is 0 Å². The summed E-state index contributed by atoms with van der Waals surface area (Å²) in [5.41, 5.74) is 1.07. The molecule has 2 aliphatic rings. The second-order valence-electron chi connectivity index (χ2n) is 7.71. The normalized spacial score (nSPS) is 20.7. The van der Waals surface area contributed by atoms with Gasteiger partial charge in [0.1, 0.15) is 5.75 Å². The summed E-state index contributed by atoms with van der Waals surface area (Å²) in [6, 6.07) is 7.99. The molecule has 1 aromatic carbocycles. The number of benzene rings is 1. The van der Waals surface area contributed by atoms with E-state index in [0.717, 1.165) is 42.8 Å². The molecule has 0 aromatic heterocycles. The van der Waals surface area contributed by atoms with Crippen LogP contribution in [0.2, 0.25) is 0 Å². The minimum atomic E-state index is 0.553. The Balaban J connectivity index is 1.42. The fourth-order valence-corrected chi connectivity index (χ4v) is 4.15. The van der Waals surface area contributed by atoms with E-state index in [2.05, 4.69) is 22.0 Å². The van der Waals surface area contributed by atoms with E-state index in [1.54, 1.807) is 7.11 Å². The second-order valence-corrected chi connectivity index (χ2v) is 7.71. The van der Waals surface area contributed by atoms with Crippen LogP contribution in [-0.2, 0) is 11.3 Å². The molecule has 156 valence electrons. The van der Waals surface area contributed by atoms with Gasteiger partial charge in [0.15, 0.2) is 5.96 Å². The van der Waals surface area contributed by atoms with Gasteiger partial charge < -0.3 is 24.6 Å². The Bertz CT molecular complexity index is 616. The number of hydrogen-bond donors (Lipinski definition) is 1. The zero-order valence-corrected chi connectivity index (χ0v) is 17.5. The SMILES string of the molecule is CCNC(=NCCOCc1ccccc1OC)N1CCC(CN2CCCC2)C1. The first kappa shape index (κ1) is 20.9. The molecular formula is C22H36N4O2. The van der Waals surface area contributed by atoms with Crippen molar-refractivity contribution in [3.63, 3.8) is 0 Å². The average Bonchev–Trinajstić information content (AvgIpc) is 3.40. The molecule has 2 fully saturated rings. The van der Waals surface area contributed by atoms with Crippen LogP contribution in [0.25, 0.3) is 0 Å². The average molecular weight is 389 g/mol. The Morgan fingerprint density at radius 3 is 2.82 bits per heavy atom. The van der Waals surface area contributed by atoms with Gasteiger partial charge in [0.2, 0.25) is 0 Å². The Hall–Kier alpha value is -1.79. The largest absolute Gasteiger partial charge is 0.496 e. The van der Waals surface area contributed by atoms with Crippen molar-refractivity contribution in [1.29, 1.82) is 0 Å². The van der Waals surface area contributed by atoms with E-state index in [1.165, 1.54) is 38.9 Å². The van der Waals surface area contributed by atoms with Gasteiger partial charge in [-0.05, 0) is 51.3 Å². The van der Waals surface area contributed by atoms with Gasteiger partial charge in [0, 0.05) is 31.7 Å². The number of nitrogens with zero attached hydrogens (tertiary/aromatic N) is 3. The molecule has 1 atom stereocenters. The molecule has 0 radical (unpaired) electrons. The molecule has 0 aliphatic carbocycles. The molecule has 0 saturated carbocycles. The summed E-state index contributed by atoms with van der Waals surface area (Å²) in [6.07, 6.45) is 4.01. The fraction of sp³-hybridized carbons (Fsp3) is 0.682. The summed E-state index contributed by atoms with van der Waals surface area (Å²) >= 11 is 0. The zero-order chi connectivity index (χ0) is 19.6. The van der Waals surface area contributed by atoms with Crippen molar-refractivity contribution < 1.29 is 9.47 Å². The number of ether oxygens (including phenoxy) is 2. The monoisotopic (exact) mass is 388 g/mol. The van der Waals surface area contributed by atoms with Crippen molar-refractivity contribution >= 4 is 5.96 Å². The molecule has 6 nitrogen and oxygen atoms in total. The van der Waals surface area contributed by atoms with Crippen LogP contribution < -0.4 is 10.1 Å². The number of guanidine groups is 1. The molecule has 1 aromatic rings. The van der Waals surface area contributed by atoms with Gasteiger partial charge in [-0.15, -0.1) is 0 Å². The van der Waals surface area contributed by atoms with Crippen LogP contribution in [0.3, 0.4) is 0 Å². The van der Waals surface area contributed by atoms with Crippen molar-refractivity contribution in [2.45, 2.75) is 32.8 Å². The minimum absolute atomic E-state index is 0.553. The van der Waals surface area contributed by atoms with Crippen molar-refractivity contribution in [2.24, 2.45) is 10.9 Å². The van der Waals surface area contributed by atoms with E-state index in [-0.39, 0.29) is 0 Å². The maximum atomic E-state index is 5.82. The third kappa shape index (κ3) is 6.11. The van der Waals surface area contributed by atoms with Crippen molar-refractivity contribution in [3.8, 4) is 5.75 Å². The van der Waals surface area contributed by atoms with Gasteiger partial charge in [-0.2, -0.15) is 0 Å². The molecule has 6 heteroatoms. The number of nitrogens with one attached hydrogen (secondary N) is 1. The molecule has 0 spiro atoms. The standard InChI is InChI=1S/C22H36N4O2/c1-3-23-22(26-14-10-19(17-26)16-25-12-6-7-13-25)24-11-15-28-18-20-8-4-5-9-21(20)27-2/h4-5,8-9,19H,3,6-7,10-18H2,1-2H3,(H,23,24). The van der Waals surface area contributed by atoms with E-state index in [0.29, 0.717) is 19.8 Å². The van der Waals surface area contributed by atoms with E-state index >= 15 is 0 Å². The Morgan fingerprint density at radius 1 is 1.21 bits per heavy atom. The molecular weight excluding hydrogens is 352 g/mol. The third-order valence-electron chi connectivity index (χ3n) is 5.58. The second kappa shape index (κ2) is 11.3. The van der Waals surface area contributed by atoms with Crippen molar-refractivity contribution in [2.75, 3.05) is 59.5 Å². The predicted molar refractivity (Wildman–Crippen MR) is 114 cm³/mol. The summed E-state index contributed by atoms with van der Waals surface area (Å²) in [5, 5.41) is 3.45. The molecule has 28 heavy (non-hydrogen) atoms. The Kier molecular flexibility index (Phi) is 8.42. The van der Waals surface area contributed by atoms with Gasteiger partial charge in [0.05, 0.1) is 26.9 Å². The summed E-state index contributed by atoms with van der Waals surface area (Å²) in [4.78, 5) is 9.85. The van der Waals surface area contributed by atoms with Crippen LogP contribution in [-0.4, -0.2) is 75.3 Å². The van der Waals surface area contributed by atoms with Crippen LogP contribution in [0.5, 0.6) is 5.75 Å². The Labute approximate surface area is 169 Å². The van der Waals surface area contributed by atoms with Gasteiger partial charge >= 0.3 is 0 Å². The molecule has 1 unspecified atom stereocenters. The van der Waals surface area contributed by atoms with Gasteiger partial charge in [-0.25, -0.2) is 0 Å². The topological polar surface area (TPSA) is 49.3 Å². The summed E-state index contributed by atoms with van der Waals surface area (Å²) < 4.78 is 11.2. The third-order valence-corrected chi connectivity index (χ3v) is 5.58. The number of likely N-dealkylation sites (tertiary alicyclic amines) is 2. The molecule has 0 amide bonds. The minimum Gasteiger partial charge on any atom is -0.496 e. The molecule has 0 bridgehead atoms. The Morgan fingerprint density at radius 2 is 2.04 bits per heavy atom. The van der Waals surface area contributed by atoms with E-state index in [1.807, 2.05) is 24.3 Å². The number of aliphatic imine (C=N–C) groups is 1. The van der Waals surface area contributed by atoms with E-state index in [4.69, 9.17) is 14.5 Å². The lowest BCUT2D eigenvalue weighted by atomic mass is 10.1. The highest BCUT2D eigenvalue weighted by Crippen LogP contribution is 2.20. The molecule has 2 heterocycles. The number of hydrogen-bond acceptors (Lipinski definition) is 4. The molecule has 2 saturated heterocycles. The van der Waals surface area contributed by atoms with Crippen LogP contribution in [0, 0.1) is 5.92 Å². The first-order valence-corrected chi connectivity index (χ1v) is 10.8. The first-order valence-electron chi connectivity index (χ1n) is 10.8. The van der Waals surface area contributed by atoms with Crippen molar-refractivity contribution in [1.82, 2.24) is 15.1 Å². The maximum absolute atomic E-state index is 5.82. The van der Waals surface area contributed by atoms with Gasteiger partial charge in [-0.3, -0.25) is 4.99 Å². The van der Waals surface area contributed by atoms with Crippen LogP contribution in [0.1, 0.15) is 31.7 Å². The highest BCUT2D eigenvalue weighted by atomic mass is 16.5. The first-order chi connectivity index (χ1) is 13.8. The van der Waals surface area contributed by atoms with Crippen molar-refractivity contribution in [3.05, 3.63) is 29.8 Å². The summed E-state index contributed by atoms with van der Waals surface area (Å²) in [5.74, 6) is 2.68. The summed E-state index contributed by atoms with van der Waals surface area (Å²) in [6.45, 7) is 10.9. The molecule has 2 aliphatic heterocycles. The lowest BCUT2D eigenvalue weighted by molar-refractivity contribution is 0.126. The highest BCUT2D eigenvalue weighted by molar-refractivity contribution is 5.80. The fourth-order valence-electron chi connectivity index (χ4n) is 4.15. The van der Waals surface area contributed by atoms with Crippen LogP contribution in [0.15, 0.2) is 29.3 Å². The zero-order valence-electron chi connectivity index (χ0n) is 17.5. The lowest BCUT2D eigenvalue weighted by Gasteiger charge is -2.23. The smallest absolute Gasteiger partial charge is 0.194 e. The maximum Gasteiger partial charge on any atom is 0.194 e. The summed E-state index contributed by atoms with van der Waals surface area (Å²) in [7, 11) is 1.69. The number of rotatable bonds is 9. The highest BCUT2D eigenvalue weighted by Gasteiger charge is 2.27. The van der Waals surface area contributed by atoms with Crippen LogP contribution in [0.4, 0.5) is 0 Å². The molecule has 3 rings (SSSR count). The number of methoxy groups -OCH3 is 1. The predicted octanol–water partition coefficient (Wildman–Crippen LogP) is 2.60. The van der Waals surface area contributed by atoms with E-state index < -0.39 is 0 Å². The van der Waals surface area contributed by atoms with Crippen LogP contribution >= 0.6 is 0 Å².